The van der Waals surface area contributed by atoms with Crippen molar-refractivity contribution in [3.8, 4) is 5.75 Å². The molecule has 0 saturated carbocycles. The van der Waals surface area contributed by atoms with E-state index in [9.17, 15) is 4.79 Å². The standard InChI is InChI=1S/C14H19ClN2O4/c1-3-21-13-8-20-7-11(13)17-14(18)16-10-6-9(15)4-5-12(10)19-2/h4-6,11,13H,3,7-8H2,1-2H3,(H2,16,17,18)/t11-,13-/m1/s1. The summed E-state index contributed by atoms with van der Waals surface area (Å²) in [4.78, 5) is 12.1. The summed E-state index contributed by atoms with van der Waals surface area (Å²) in [5.74, 6) is 0.540. The fourth-order valence-corrected chi connectivity index (χ4v) is 2.32. The first-order chi connectivity index (χ1) is 10.1. The van der Waals surface area contributed by atoms with Gasteiger partial charge >= 0.3 is 6.03 Å². The summed E-state index contributed by atoms with van der Waals surface area (Å²) in [6.07, 6.45) is -0.123. The number of ether oxygens (including phenoxy) is 3. The highest BCUT2D eigenvalue weighted by Gasteiger charge is 2.30. The molecule has 0 aliphatic carbocycles. The van der Waals surface area contributed by atoms with Crippen LogP contribution in [0.2, 0.25) is 5.02 Å². The zero-order chi connectivity index (χ0) is 15.2. The van der Waals surface area contributed by atoms with Crippen molar-refractivity contribution in [2.24, 2.45) is 0 Å². The molecule has 0 bridgehead atoms. The lowest BCUT2D eigenvalue weighted by Gasteiger charge is -2.19. The molecule has 7 heteroatoms. The number of hydrogen-bond donors (Lipinski definition) is 2. The third-order valence-corrected chi connectivity index (χ3v) is 3.37. The van der Waals surface area contributed by atoms with E-state index in [4.69, 9.17) is 25.8 Å². The molecule has 2 atom stereocenters. The van der Waals surface area contributed by atoms with E-state index in [1.165, 1.54) is 7.11 Å². The van der Waals surface area contributed by atoms with Crippen molar-refractivity contribution in [3.63, 3.8) is 0 Å². The number of rotatable bonds is 5. The van der Waals surface area contributed by atoms with Gasteiger partial charge in [0.05, 0.1) is 32.1 Å². The van der Waals surface area contributed by atoms with Crippen molar-refractivity contribution in [2.45, 2.75) is 19.1 Å². The average Bonchev–Trinajstić information content (AvgIpc) is 2.86. The topological polar surface area (TPSA) is 68.8 Å². The van der Waals surface area contributed by atoms with E-state index in [1.807, 2.05) is 6.92 Å². The van der Waals surface area contributed by atoms with Gasteiger partial charge in [0.1, 0.15) is 11.9 Å². The maximum atomic E-state index is 12.1. The maximum Gasteiger partial charge on any atom is 0.319 e. The Morgan fingerprint density at radius 1 is 1.48 bits per heavy atom. The molecule has 0 radical (unpaired) electrons. The molecule has 0 spiro atoms. The van der Waals surface area contributed by atoms with Gasteiger partial charge in [-0.1, -0.05) is 11.6 Å². The SMILES string of the molecule is CCO[C@@H]1COC[C@H]1NC(=O)Nc1cc(Cl)ccc1OC. The van der Waals surface area contributed by atoms with Crippen LogP contribution in [0.15, 0.2) is 18.2 Å². The van der Waals surface area contributed by atoms with Crippen molar-refractivity contribution < 1.29 is 19.0 Å². The summed E-state index contributed by atoms with van der Waals surface area (Å²) in [6, 6.07) is 4.50. The zero-order valence-corrected chi connectivity index (χ0v) is 12.8. The first-order valence-corrected chi connectivity index (χ1v) is 7.12. The molecule has 1 aromatic rings. The molecule has 2 N–H and O–H groups in total. The van der Waals surface area contributed by atoms with Crippen molar-refractivity contribution in [1.29, 1.82) is 0 Å². The van der Waals surface area contributed by atoms with Gasteiger partial charge in [-0.05, 0) is 25.1 Å². The molecule has 0 unspecified atom stereocenters. The second kappa shape index (κ2) is 7.49. The van der Waals surface area contributed by atoms with E-state index >= 15 is 0 Å². The van der Waals surface area contributed by atoms with Crippen LogP contribution in [0.5, 0.6) is 5.75 Å². The Morgan fingerprint density at radius 3 is 3.00 bits per heavy atom. The molecule has 1 heterocycles. The molecule has 6 nitrogen and oxygen atoms in total. The van der Waals surface area contributed by atoms with Gasteiger partial charge in [-0.15, -0.1) is 0 Å². The molecule has 1 aliphatic heterocycles. The predicted molar refractivity (Wildman–Crippen MR) is 80.2 cm³/mol. The summed E-state index contributed by atoms with van der Waals surface area (Å²) in [7, 11) is 1.53. The smallest absolute Gasteiger partial charge is 0.319 e. The molecule has 2 rings (SSSR count). The molecule has 1 aliphatic rings. The third-order valence-electron chi connectivity index (χ3n) is 3.14. The molecular weight excluding hydrogens is 296 g/mol. The quantitative estimate of drug-likeness (QED) is 0.875. The summed E-state index contributed by atoms with van der Waals surface area (Å²) in [6.45, 7) is 3.41. The molecule has 1 aromatic carbocycles. The van der Waals surface area contributed by atoms with Crippen LogP contribution in [0.4, 0.5) is 10.5 Å². The Morgan fingerprint density at radius 2 is 2.29 bits per heavy atom. The van der Waals surface area contributed by atoms with Crippen LogP contribution in [0.3, 0.4) is 0 Å². The summed E-state index contributed by atoms with van der Waals surface area (Å²) in [5, 5.41) is 6.07. The number of methoxy groups -OCH3 is 1. The van der Waals surface area contributed by atoms with Crippen LogP contribution in [0, 0.1) is 0 Å². The van der Waals surface area contributed by atoms with E-state index in [0.29, 0.717) is 36.3 Å². The van der Waals surface area contributed by atoms with Gasteiger partial charge < -0.3 is 24.8 Å². The molecule has 21 heavy (non-hydrogen) atoms. The van der Waals surface area contributed by atoms with Gasteiger partial charge in [0, 0.05) is 11.6 Å². The second-order valence-electron chi connectivity index (χ2n) is 4.58. The van der Waals surface area contributed by atoms with Crippen molar-refractivity contribution in [1.82, 2.24) is 5.32 Å². The van der Waals surface area contributed by atoms with Gasteiger partial charge in [0.15, 0.2) is 0 Å². The van der Waals surface area contributed by atoms with Gasteiger partial charge in [0.25, 0.3) is 0 Å². The van der Waals surface area contributed by atoms with Gasteiger partial charge in [-0.3, -0.25) is 0 Å². The minimum absolute atomic E-state index is 0.123. The Balaban J connectivity index is 1.97. The lowest BCUT2D eigenvalue weighted by atomic mass is 10.2. The number of carbonyl (C=O) groups excluding carboxylic acids is 1. The molecular formula is C14H19ClN2O4. The van der Waals surface area contributed by atoms with Crippen LogP contribution < -0.4 is 15.4 Å². The summed E-state index contributed by atoms with van der Waals surface area (Å²) < 4.78 is 16.0. The zero-order valence-electron chi connectivity index (χ0n) is 12.0. The number of anilines is 1. The number of benzene rings is 1. The third kappa shape index (κ3) is 4.23. The minimum atomic E-state index is -0.351. The predicted octanol–water partition coefficient (Wildman–Crippen LogP) is 2.27. The highest BCUT2D eigenvalue weighted by Crippen LogP contribution is 2.27. The first kappa shape index (κ1) is 15.9. The molecule has 1 saturated heterocycles. The van der Waals surface area contributed by atoms with E-state index < -0.39 is 0 Å². The van der Waals surface area contributed by atoms with Crippen molar-refractivity contribution in [3.05, 3.63) is 23.2 Å². The van der Waals surface area contributed by atoms with Gasteiger partial charge in [0.2, 0.25) is 0 Å². The largest absolute Gasteiger partial charge is 0.495 e. The van der Waals surface area contributed by atoms with Crippen LogP contribution >= 0.6 is 11.6 Å². The van der Waals surface area contributed by atoms with Crippen LogP contribution in [-0.2, 0) is 9.47 Å². The Bertz CT molecular complexity index is 498. The highest BCUT2D eigenvalue weighted by atomic mass is 35.5. The molecule has 2 amide bonds. The lowest BCUT2D eigenvalue weighted by Crippen LogP contribution is -2.45. The van der Waals surface area contributed by atoms with Crippen LogP contribution in [0.1, 0.15) is 6.92 Å². The fourth-order valence-electron chi connectivity index (χ4n) is 2.15. The Labute approximate surface area is 128 Å². The Kier molecular flexibility index (Phi) is 5.67. The summed E-state index contributed by atoms with van der Waals surface area (Å²) in [5.41, 5.74) is 0.509. The average molecular weight is 315 g/mol. The van der Waals surface area contributed by atoms with Gasteiger partial charge in [-0.2, -0.15) is 0 Å². The van der Waals surface area contributed by atoms with Crippen molar-refractivity contribution in [2.75, 3.05) is 32.2 Å². The van der Waals surface area contributed by atoms with E-state index in [1.54, 1.807) is 18.2 Å². The van der Waals surface area contributed by atoms with E-state index in [0.717, 1.165) is 0 Å². The maximum absolute atomic E-state index is 12.1. The normalized spacial score (nSPS) is 21.1. The number of amides is 2. The van der Waals surface area contributed by atoms with Gasteiger partial charge in [-0.25, -0.2) is 4.79 Å². The molecule has 116 valence electrons. The highest BCUT2D eigenvalue weighted by molar-refractivity contribution is 6.31. The van der Waals surface area contributed by atoms with Crippen molar-refractivity contribution >= 4 is 23.3 Å². The van der Waals surface area contributed by atoms with Crippen LogP contribution in [0.25, 0.3) is 0 Å². The first-order valence-electron chi connectivity index (χ1n) is 6.74. The number of hydrogen-bond acceptors (Lipinski definition) is 4. The number of nitrogens with one attached hydrogen (secondary N) is 2. The number of carbonyl (C=O) groups is 1. The van der Waals surface area contributed by atoms with Crippen LogP contribution in [-0.4, -0.2) is 45.1 Å². The Hall–Kier alpha value is -1.50. The minimum Gasteiger partial charge on any atom is -0.495 e. The fraction of sp³-hybridized carbons (Fsp3) is 0.500. The summed E-state index contributed by atoms with van der Waals surface area (Å²) >= 11 is 5.92. The van der Waals surface area contributed by atoms with E-state index in [-0.39, 0.29) is 18.2 Å². The molecule has 1 fully saturated rings. The number of urea groups is 1. The second-order valence-corrected chi connectivity index (χ2v) is 5.02. The molecule has 0 aromatic heterocycles. The van der Waals surface area contributed by atoms with E-state index in [2.05, 4.69) is 10.6 Å². The monoisotopic (exact) mass is 314 g/mol. The lowest BCUT2D eigenvalue weighted by molar-refractivity contribution is 0.0428. The number of halogens is 1.